The van der Waals surface area contributed by atoms with Crippen LogP contribution in [0.3, 0.4) is 0 Å². The molecule has 0 radical (unpaired) electrons. The van der Waals surface area contributed by atoms with E-state index in [0.717, 1.165) is 0 Å². The van der Waals surface area contributed by atoms with Gasteiger partial charge in [0.25, 0.3) is 0 Å². The zero-order valence-corrected chi connectivity index (χ0v) is 8.76. The summed E-state index contributed by atoms with van der Waals surface area (Å²) in [6, 6.07) is 8.97. The molecule has 1 aromatic carbocycles. The summed E-state index contributed by atoms with van der Waals surface area (Å²) in [5.74, 6) is -1.15. The minimum absolute atomic E-state index is 0.121. The molecule has 0 amide bonds. The molecule has 0 aliphatic carbocycles. The summed E-state index contributed by atoms with van der Waals surface area (Å²) in [6.45, 7) is 0. The number of carbonyl (C=O) groups is 1. The zero-order valence-electron chi connectivity index (χ0n) is 8.76. The van der Waals surface area contributed by atoms with E-state index < -0.39 is 5.97 Å². The highest BCUT2D eigenvalue weighted by atomic mass is 19.1. The van der Waals surface area contributed by atoms with Crippen molar-refractivity contribution in [1.82, 2.24) is 0 Å². The molecular weight excluding hydrogens is 223 g/mol. The Morgan fingerprint density at radius 3 is 2.71 bits per heavy atom. The van der Waals surface area contributed by atoms with Crippen LogP contribution in [0.4, 0.5) is 4.39 Å². The SMILES string of the molecule is O=C(O)c1ccc(C=Cc2cccc(F)c2)o1. The van der Waals surface area contributed by atoms with E-state index in [1.807, 2.05) is 0 Å². The highest BCUT2D eigenvalue weighted by molar-refractivity contribution is 5.84. The summed E-state index contributed by atoms with van der Waals surface area (Å²) in [6.07, 6.45) is 3.23. The van der Waals surface area contributed by atoms with Crippen molar-refractivity contribution in [2.24, 2.45) is 0 Å². The molecule has 0 spiro atoms. The summed E-state index contributed by atoms with van der Waals surface area (Å²) in [5, 5.41) is 8.65. The molecule has 0 unspecified atom stereocenters. The lowest BCUT2D eigenvalue weighted by atomic mass is 10.2. The third-order valence-electron chi connectivity index (χ3n) is 2.13. The average molecular weight is 232 g/mol. The van der Waals surface area contributed by atoms with Gasteiger partial charge in [-0.3, -0.25) is 0 Å². The summed E-state index contributed by atoms with van der Waals surface area (Å²) in [5.41, 5.74) is 0.679. The maximum absolute atomic E-state index is 12.9. The first-order valence-electron chi connectivity index (χ1n) is 4.92. The second-order valence-corrected chi connectivity index (χ2v) is 3.40. The number of rotatable bonds is 3. The third-order valence-corrected chi connectivity index (χ3v) is 2.13. The Kier molecular flexibility index (Phi) is 3.05. The van der Waals surface area contributed by atoms with Crippen LogP contribution >= 0.6 is 0 Å². The normalized spacial score (nSPS) is 10.9. The summed E-state index contributed by atoms with van der Waals surface area (Å²) < 4.78 is 17.9. The second kappa shape index (κ2) is 4.65. The fourth-order valence-electron chi connectivity index (χ4n) is 1.35. The zero-order chi connectivity index (χ0) is 12.3. The molecule has 4 heteroatoms. The van der Waals surface area contributed by atoms with Crippen molar-refractivity contribution in [3.8, 4) is 0 Å². The van der Waals surface area contributed by atoms with Gasteiger partial charge in [-0.15, -0.1) is 0 Å². The quantitative estimate of drug-likeness (QED) is 0.883. The van der Waals surface area contributed by atoms with E-state index in [0.29, 0.717) is 11.3 Å². The first-order valence-corrected chi connectivity index (χ1v) is 4.92. The number of carboxylic acid groups (broad SMARTS) is 1. The standard InChI is InChI=1S/C13H9FO3/c14-10-3-1-2-9(8-10)4-5-11-6-7-12(17-11)13(15)16/h1-8H,(H,15,16). The van der Waals surface area contributed by atoms with E-state index in [9.17, 15) is 9.18 Å². The Labute approximate surface area is 96.8 Å². The first-order chi connectivity index (χ1) is 8.15. The largest absolute Gasteiger partial charge is 0.475 e. The van der Waals surface area contributed by atoms with Crippen LogP contribution in [0.5, 0.6) is 0 Å². The minimum atomic E-state index is -1.12. The highest BCUT2D eigenvalue weighted by Crippen LogP contribution is 2.12. The van der Waals surface area contributed by atoms with Crippen molar-refractivity contribution in [3.63, 3.8) is 0 Å². The van der Waals surface area contributed by atoms with E-state index in [4.69, 9.17) is 9.52 Å². The average Bonchev–Trinajstić information content (AvgIpc) is 2.75. The minimum Gasteiger partial charge on any atom is -0.475 e. The molecule has 0 fully saturated rings. The molecule has 1 heterocycles. The van der Waals surface area contributed by atoms with Crippen molar-refractivity contribution in [2.45, 2.75) is 0 Å². The van der Waals surface area contributed by atoms with Gasteiger partial charge in [-0.1, -0.05) is 18.2 Å². The molecule has 0 saturated carbocycles. The molecule has 0 atom stereocenters. The number of aromatic carboxylic acids is 1. The number of furan rings is 1. The predicted molar refractivity (Wildman–Crippen MR) is 61.0 cm³/mol. The van der Waals surface area contributed by atoms with Crippen LogP contribution in [-0.4, -0.2) is 11.1 Å². The molecule has 86 valence electrons. The van der Waals surface area contributed by atoms with Crippen molar-refractivity contribution in [3.05, 3.63) is 59.3 Å². The van der Waals surface area contributed by atoms with Crippen LogP contribution in [-0.2, 0) is 0 Å². The number of halogens is 1. The van der Waals surface area contributed by atoms with E-state index in [1.165, 1.54) is 18.2 Å². The van der Waals surface area contributed by atoms with Gasteiger partial charge in [-0.2, -0.15) is 0 Å². The van der Waals surface area contributed by atoms with Crippen molar-refractivity contribution >= 4 is 18.1 Å². The second-order valence-electron chi connectivity index (χ2n) is 3.40. The Bertz CT molecular complexity index is 570. The van der Waals surface area contributed by atoms with Crippen LogP contribution in [0.2, 0.25) is 0 Å². The van der Waals surface area contributed by atoms with E-state index >= 15 is 0 Å². The van der Waals surface area contributed by atoms with Crippen LogP contribution < -0.4 is 0 Å². The molecule has 1 aromatic heterocycles. The van der Waals surface area contributed by atoms with Crippen LogP contribution in [0.15, 0.2) is 40.8 Å². The van der Waals surface area contributed by atoms with Crippen LogP contribution in [0, 0.1) is 5.82 Å². The molecule has 0 aliphatic heterocycles. The van der Waals surface area contributed by atoms with Gasteiger partial charge in [0, 0.05) is 0 Å². The van der Waals surface area contributed by atoms with E-state index in [1.54, 1.807) is 30.4 Å². The van der Waals surface area contributed by atoms with Gasteiger partial charge in [-0.05, 0) is 35.9 Å². The lowest BCUT2D eigenvalue weighted by Crippen LogP contribution is -1.91. The first kappa shape index (κ1) is 11.1. The third kappa shape index (κ3) is 2.81. The number of carboxylic acids is 1. The molecular formula is C13H9FO3. The Balaban J connectivity index is 2.17. The Hall–Kier alpha value is -2.36. The molecule has 2 rings (SSSR count). The van der Waals surface area contributed by atoms with Gasteiger partial charge in [0.1, 0.15) is 11.6 Å². The van der Waals surface area contributed by atoms with Crippen molar-refractivity contribution in [2.75, 3.05) is 0 Å². The molecule has 0 saturated heterocycles. The molecule has 2 aromatic rings. The molecule has 1 N–H and O–H groups in total. The van der Waals surface area contributed by atoms with Gasteiger partial charge in [0.15, 0.2) is 0 Å². The molecule has 17 heavy (non-hydrogen) atoms. The van der Waals surface area contributed by atoms with Gasteiger partial charge >= 0.3 is 5.97 Å². The smallest absolute Gasteiger partial charge is 0.371 e. The van der Waals surface area contributed by atoms with Crippen molar-refractivity contribution in [1.29, 1.82) is 0 Å². The predicted octanol–water partition coefficient (Wildman–Crippen LogP) is 3.29. The highest BCUT2D eigenvalue weighted by Gasteiger charge is 2.06. The maximum atomic E-state index is 12.9. The number of benzene rings is 1. The molecule has 0 aliphatic rings. The topological polar surface area (TPSA) is 50.4 Å². The van der Waals surface area contributed by atoms with Gasteiger partial charge in [0.2, 0.25) is 5.76 Å². The van der Waals surface area contributed by atoms with Crippen LogP contribution in [0.25, 0.3) is 12.2 Å². The lowest BCUT2D eigenvalue weighted by Gasteiger charge is -1.92. The van der Waals surface area contributed by atoms with Gasteiger partial charge < -0.3 is 9.52 Å². The van der Waals surface area contributed by atoms with Gasteiger partial charge in [-0.25, -0.2) is 9.18 Å². The van der Waals surface area contributed by atoms with E-state index in [-0.39, 0.29) is 11.6 Å². The van der Waals surface area contributed by atoms with E-state index in [2.05, 4.69) is 0 Å². The summed E-state index contributed by atoms with van der Waals surface area (Å²) in [7, 11) is 0. The Morgan fingerprint density at radius 1 is 1.24 bits per heavy atom. The van der Waals surface area contributed by atoms with Gasteiger partial charge in [0.05, 0.1) is 0 Å². The molecule has 0 bridgehead atoms. The fraction of sp³-hybridized carbons (Fsp3) is 0. The Morgan fingerprint density at radius 2 is 2.06 bits per heavy atom. The lowest BCUT2D eigenvalue weighted by molar-refractivity contribution is 0.0662. The van der Waals surface area contributed by atoms with Crippen LogP contribution in [0.1, 0.15) is 21.9 Å². The monoisotopic (exact) mass is 232 g/mol. The fourth-order valence-corrected chi connectivity index (χ4v) is 1.35. The number of hydrogen-bond acceptors (Lipinski definition) is 2. The van der Waals surface area contributed by atoms with Crippen molar-refractivity contribution < 1.29 is 18.7 Å². The molecule has 3 nitrogen and oxygen atoms in total. The number of hydrogen-bond donors (Lipinski definition) is 1. The summed E-state index contributed by atoms with van der Waals surface area (Å²) in [4.78, 5) is 10.6. The maximum Gasteiger partial charge on any atom is 0.371 e. The summed E-state index contributed by atoms with van der Waals surface area (Å²) >= 11 is 0.